The van der Waals surface area contributed by atoms with Crippen LogP contribution in [0.5, 0.6) is 11.5 Å². The highest BCUT2D eigenvalue weighted by molar-refractivity contribution is 5.75. The molecule has 0 saturated heterocycles. The van der Waals surface area contributed by atoms with E-state index >= 15 is 0 Å². The van der Waals surface area contributed by atoms with E-state index in [-0.39, 0.29) is 17.1 Å². The Morgan fingerprint density at radius 1 is 1.44 bits per heavy atom. The molecule has 1 unspecified atom stereocenters. The van der Waals surface area contributed by atoms with Crippen LogP contribution in [0.1, 0.15) is 11.6 Å². The van der Waals surface area contributed by atoms with Crippen LogP contribution in [0.25, 0.3) is 0 Å². The average Bonchev–Trinajstić information content (AvgIpc) is 2.27. The maximum atomic E-state index is 13.8. The van der Waals surface area contributed by atoms with Gasteiger partial charge in [0.15, 0.2) is 17.3 Å². The molecule has 0 amide bonds. The number of halogens is 1. The molecule has 0 spiro atoms. The Labute approximate surface area is 91.6 Å². The summed E-state index contributed by atoms with van der Waals surface area (Å²) in [6.45, 7) is 0. The van der Waals surface area contributed by atoms with Crippen molar-refractivity contribution in [3.8, 4) is 11.5 Å². The molecular formula is C10H12FNO4. The van der Waals surface area contributed by atoms with Crippen molar-refractivity contribution < 1.29 is 23.8 Å². The van der Waals surface area contributed by atoms with Crippen molar-refractivity contribution in [3.63, 3.8) is 0 Å². The number of carbonyl (C=O) groups is 1. The fourth-order valence-electron chi connectivity index (χ4n) is 1.28. The minimum atomic E-state index is -1.43. The third-order valence-electron chi connectivity index (χ3n) is 2.12. The summed E-state index contributed by atoms with van der Waals surface area (Å²) in [5.41, 5.74) is 5.17. The van der Waals surface area contributed by atoms with E-state index in [1.807, 2.05) is 0 Å². The van der Waals surface area contributed by atoms with Gasteiger partial charge in [-0.05, 0) is 12.1 Å². The number of aliphatic carboxylic acids is 1. The maximum Gasteiger partial charge on any atom is 0.325 e. The summed E-state index contributed by atoms with van der Waals surface area (Å²) in [4.78, 5) is 10.6. The van der Waals surface area contributed by atoms with Gasteiger partial charge in [0.1, 0.15) is 6.04 Å². The van der Waals surface area contributed by atoms with E-state index < -0.39 is 17.8 Å². The molecule has 0 aliphatic carbocycles. The van der Waals surface area contributed by atoms with Crippen LogP contribution < -0.4 is 15.2 Å². The van der Waals surface area contributed by atoms with Crippen molar-refractivity contribution in [2.45, 2.75) is 6.04 Å². The van der Waals surface area contributed by atoms with Crippen molar-refractivity contribution in [1.82, 2.24) is 0 Å². The number of hydrogen-bond acceptors (Lipinski definition) is 4. The predicted molar refractivity (Wildman–Crippen MR) is 54.1 cm³/mol. The fraction of sp³-hybridized carbons (Fsp3) is 0.300. The van der Waals surface area contributed by atoms with Crippen molar-refractivity contribution in [2.24, 2.45) is 5.73 Å². The van der Waals surface area contributed by atoms with Crippen molar-refractivity contribution in [1.29, 1.82) is 0 Å². The number of carboxylic acids is 1. The van der Waals surface area contributed by atoms with Gasteiger partial charge in [-0.25, -0.2) is 4.39 Å². The number of ether oxygens (including phenoxy) is 2. The topological polar surface area (TPSA) is 81.8 Å². The van der Waals surface area contributed by atoms with Crippen molar-refractivity contribution in [2.75, 3.05) is 14.2 Å². The SMILES string of the molecule is COc1ccc(C(N)C(=O)O)c(F)c1OC. The van der Waals surface area contributed by atoms with E-state index in [0.29, 0.717) is 0 Å². The summed E-state index contributed by atoms with van der Waals surface area (Å²) in [7, 11) is 2.62. The maximum absolute atomic E-state index is 13.8. The van der Waals surface area contributed by atoms with Crippen molar-refractivity contribution >= 4 is 5.97 Å². The van der Waals surface area contributed by atoms with Crippen LogP contribution in [0.3, 0.4) is 0 Å². The molecule has 0 aliphatic heterocycles. The molecule has 1 aromatic rings. The van der Waals surface area contributed by atoms with Crippen LogP contribution in [0.2, 0.25) is 0 Å². The molecule has 1 rings (SSSR count). The minimum Gasteiger partial charge on any atom is -0.493 e. The largest absolute Gasteiger partial charge is 0.493 e. The minimum absolute atomic E-state index is 0.148. The molecule has 0 bridgehead atoms. The Hall–Kier alpha value is -1.82. The van der Waals surface area contributed by atoms with E-state index in [9.17, 15) is 9.18 Å². The van der Waals surface area contributed by atoms with Gasteiger partial charge in [0.2, 0.25) is 0 Å². The molecule has 5 nitrogen and oxygen atoms in total. The predicted octanol–water partition coefficient (Wildman–Crippen LogP) is 0.927. The zero-order chi connectivity index (χ0) is 12.3. The number of methoxy groups -OCH3 is 2. The highest BCUT2D eigenvalue weighted by Crippen LogP contribution is 2.33. The van der Waals surface area contributed by atoms with E-state index in [0.717, 1.165) is 0 Å². The Morgan fingerprint density at radius 2 is 2.06 bits per heavy atom. The van der Waals surface area contributed by atoms with E-state index in [4.69, 9.17) is 20.3 Å². The monoisotopic (exact) mass is 229 g/mol. The quantitative estimate of drug-likeness (QED) is 0.802. The van der Waals surface area contributed by atoms with Crippen LogP contribution in [-0.4, -0.2) is 25.3 Å². The molecule has 0 saturated carbocycles. The van der Waals surface area contributed by atoms with E-state index in [1.165, 1.54) is 26.4 Å². The summed E-state index contributed by atoms with van der Waals surface area (Å²) in [5.74, 6) is -2.11. The Kier molecular flexibility index (Phi) is 3.68. The Morgan fingerprint density at radius 3 is 2.50 bits per heavy atom. The fourth-order valence-corrected chi connectivity index (χ4v) is 1.28. The molecule has 0 heterocycles. The molecule has 16 heavy (non-hydrogen) atoms. The molecule has 0 aliphatic rings. The second kappa shape index (κ2) is 4.80. The van der Waals surface area contributed by atoms with Gasteiger partial charge in [0.05, 0.1) is 14.2 Å². The number of nitrogens with two attached hydrogens (primary N) is 1. The van der Waals surface area contributed by atoms with Gasteiger partial charge in [-0.2, -0.15) is 0 Å². The van der Waals surface area contributed by atoms with Crippen LogP contribution in [0.4, 0.5) is 4.39 Å². The number of hydrogen-bond donors (Lipinski definition) is 2. The molecule has 3 N–H and O–H groups in total. The van der Waals surface area contributed by atoms with Gasteiger partial charge in [0, 0.05) is 5.56 Å². The number of benzene rings is 1. The van der Waals surface area contributed by atoms with Crippen molar-refractivity contribution in [3.05, 3.63) is 23.5 Å². The van der Waals surface area contributed by atoms with Gasteiger partial charge in [-0.3, -0.25) is 4.79 Å². The van der Waals surface area contributed by atoms with Gasteiger partial charge < -0.3 is 20.3 Å². The van der Waals surface area contributed by atoms with Crippen LogP contribution in [-0.2, 0) is 4.79 Å². The Balaban J connectivity index is 3.29. The van der Waals surface area contributed by atoms with Crippen LogP contribution in [0, 0.1) is 5.82 Å². The molecule has 0 radical (unpaired) electrons. The molecular weight excluding hydrogens is 217 g/mol. The molecule has 88 valence electrons. The molecule has 1 aromatic carbocycles. The second-order valence-corrected chi connectivity index (χ2v) is 3.02. The first-order valence-electron chi connectivity index (χ1n) is 4.41. The van der Waals surface area contributed by atoms with Gasteiger partial charge in [-0.1, -0.05) is 0 Å². The van der Waals surface area contributed by atoms with E-state index in [2.05, 4.69) is 0 Å². The lowest BCUT2D eigenvalue weighted by Crippen LogP contribution is -2.22. The smallest absolute Gasteiger partial charge is 0.325 e. The molecule has 0 fully saturated rings. The second-order valence-electron chi connectivity index (χ2n) is 3.02. The van der Waals surface area contributed by atoms with Gasteiger partial charge in [0.25, 0.3) is 0 Å². The third kappa shape index (κ3) is 2.06. The van der Waals surface area contributed by atoms with Crippen LogP contribution >= 0.6 is 0 Å². The first-order chi connectivity index (χ1) is 7.52. The highest BCUT2D eigenvalue weighted by atomic mass is 19.1. The van der Waals surface area contributed by atoms with Gasteiger partial charge in [-0.15, -0.1) is 0 Å². The summed E-state index contributed by atoms with van der Waals surface area (Å²) in [6.07, 6.45) is 0. The average molecular weight is 229 g/mol. The lowest BCUT2D eigenvalue weighted by atomic mass is 10.1. The normalized spacial score (nSPS) is 12.0. The summed E-state index contributed by atoms with van der Waals surface area (Å²) < 4.78 is 23.4. The lowest BCUT2D eigenvalue weighted by molar-refractivity contribution is -0.138. The highest BCUT2D eigenvalue weighted by Gasteiger charge is 2.23. The first-order valence-corrected chi connectivity index (χ1v) is 4.41. The first kappa shape index (κ1) is 12.3. The summed E-state index contributed by atoms with van der Waals surface area (Å²) in [6, 6.07) is 1.23. The Bertz CT molecular complexity index is 408. The summed E-state index contributed by atoms with van der Waals surface area (Å²) in [5, 5.41) is 8.69. The standard InChI is InChI=1S/C10H12FNO4/c1-15-6-4-3-5(8(12)10(13)14)7(11)9(6)16-2/h3-4,8H,12H2,1-2H3,(H,13,14). The molecule has 1 atom stereocenters. The molecule has 0 aromatic heterocycles. The number of carboxylic acid groups (broad SMARTS) is 1. The number of rotatable bonds is 4. The third-order valence-corrected chi connectivity index (χ3v) is 2.12. The van der Waals surface area contributed by atoms with E-state index in [1.54, 1.807) is 0 Å². The van der Waals surface area contributed by atoms with Crippen LogP contribution in [0.15, 0.2) is 12.1 Å². The van der Waals surface area contributed by atoms with Gasteiger partial charge >= 0.3 is 5.97 Å². The lowest BCUT2D eigenvalue weighted by Gasteiger charge is -2.13. The molecule has 6 heteroatoms. The zero-order valence-electron chi connectivity index (χ0n) is 8.86. The zero-order valence-corrected chi connectivity index (χ0v) is 8.86. The summed E-state index contributed by atoms with van der Waals surface area (Å²) >= 11 is 0.